The molecule has 3 N–H and O–H groups in total. The predicted molar refractivity (Wildman–Crippen MR) is 119 cm³/mol. The summed E-state index contributed by atoms with van der Waals surface area (Å²) in [5.74, 6) is 1.28. The molecule has 0 bridgehead atoms. The fourth-order valence-electron chi connectivity index (χ4n) is 2.93. The number of benzene rings is 2. The minimum absolute atomic E-state index is 0.120. The van der Waals surface area contributed by atoms with Gasteiger partial charge in [0.25, 0.3) is 0 Å². The standard InChI is InChI=1S/C22H20N4O3S/c1-14(28)23-17-3-2-4-18(13-17)29-21-20-19(10-12-30-20)25-22(26-21)24-16-7-5-15(6-8-16)9-11-27/h2-8,10,12-13,27H,9,11H2,1H3,(H,23,28)(H,24,25,26). The highest BCUT2D eigenvalue weighted by molar-refractivity contribution is 7.17. The Morgan fingerprint density at radius 2 is 1.93 bits per heavy atom. The van der Waals surface area contributed by atoms with E-state index in [0.717, 1.165) is 21.5 Å². The molecule has 7 nitrogen and oxygen atoms in total. The van der Waals surface area contributed by atoms with Gasteiger partial charge in [0.2, 0.25) is 17.7 Å². The first kappa shape index (κ1) is 19.8. The Hall–Kier alpha value is -3.49. The summed E-state index contributed by atoms with van der Waals surface area (Å²) in [6.07, 6.45) is 0.618. The van der Waals surface area contributed by atoms with Crippen molar-refractivity contribution in [3.8, 4) is 11.6 Å². The summed E-state index contributed by atoms with van der Waals surface area (Å²) in [7, 11) is 0. The molecule has 1 amide bonds. The van der Waals surface area contributed by atoms with Gasteiger partial charge in [-0.1, -0.05) is 18.2 Å². The molecule has 2 heterocycles. The van der Waals surface area contributed by atoms with Gasteiger partial charge in [-0.3, -0.25) is 4.79 Å². The van der Waals surface area contributed by atoms with Gasteiger partial charge in [-0.2, -0.15) is 4.98 Å². The van der Waals surface area contributed by atoms with Gasteiger partial charge in [-0.05, 0) is 47.7 Å². The number of aliphatic hydroxyl groups excluding tert-OH is 1. The highest BCUT2D eigenvalue weighted by atomic mass is 32.1. The third-order valence-electron chi connectivity index (χ3n) is 4.25. The Bertz CT molecular complexity index is 1170. The van der Waals surface area contributed by atoms with Gasteiger partial charge in [0.15, 0.2) is 0 Å². The number of carbonyl (C=O) groups excluding carboxylic acids is 1. The molecular weight excluding hydrogens is 400 g/mol. The number of rotatable bonds is 7. The van der Waals surface area contributed by atoms with Gasteiger partial charge in [0.05, 0.1) is 5.52 Å². The van der Waals surface area contributed by atoms with Crippen molar-refractivity contribution in [1.29, 1.82) is 0 Å². The molecule has 0 atom stereocenters. The van der Waals surface area contributed by atoms with Gasteiger partial charge in [-0.15, -0.1) is 11.3 Å². The fourth-order valence-corrected chi connectivity index (χ4v) is 3.68. The number of aliphatic hydroxyl groups is 1. The Kier molecular flexibility index (Phi) is 5.87. The van der Waals surface area contributed by atoms with E-state index in [4.69, 9.17) is 9.84 Å². The molecule has 0 spiro atoms. The van der Waals surface area contributed by atoms with E-state index < -0.39 is 0 Å². The van der Waals surface area contributed by atoms with Gasteiger partial charge in [0.1, 0.15) is 10.4 Å². The number of aromatic nitrogens is 2. The molecule has 4 aromatic rings. The summed E-state index contributed by atoms with van der Waals surface area (Å²) in [6.45, 7) is 1.58. The van der Waals surface area contributed by atoms with Crippen LogP contribution in [-0.2, 0) is 11.2 Å². The van der Waals surface area contributed by atoms with Crippen molar-refractivity contribution in [2.45, 2.75) is 13.3 Å². The van der Waals surface area contributed by atoms with E-state index in [1.165, 1.54) is 18.3 Å². The molecule has 30 heavy (non-hydrogen) atoms. The molecule has 0 saturated heterocycles. The molecule has 0 fully saturated rings. The average molecular weight is 420 g/mol. The minimum atomic E-state index is -0.147. The molecule has 0 aliphatic carbocycles. The Morgan fingerprint density at radius 3 is 2.70 bits per heavy atom. The molecule has 0 aliphatic heterocycles. The van der Waals surface area contributed by atoms with E-state index in [2.05, 4.69) is 20.6 Å². The molecule has 152 valence electrons. The number of thiophene rings is 1. The molecule has 8 heteroatoms. The second-order valence-corrected chi connectivity index (χ2v) is 7.51. The van der Waals surface area contributed by atoms with E-state index >= 15 is 0 Å². The predicted octanol–water partition coefficient (Wildman–Crippen LogP) is 4.72. The maximum Gasteiger partial charge on any atom is 0.242 e. The summed E-state index contributed by atoms with van der Waals surface area (Å²) in [4.78, 5) is 20.4. The van der Waals surface area contributed by atoms with Crippen molar-refractivity contribution in [3.63, 3.8) is 0 Å². The SMILES string of the molecule is CC(=O)Nc1cccc(Oc2nc(Nc3ccc(CCO)cc3)nc3ccsc23)c1. The van der Waals surface area contributed by atoms with Crippen LogP contribution in [0.4, 0.5) is 17.3 Å². The van der Waals surface area contributed by atoms with Crippen LogP contribution in [0.5, 0.6) is 11.6 Å². The fraction of sp³-hybridized carbons (Fsp3) is 0.136. The maximum atomic E-state index is 11.3. The van der Waals surface area contributed by atoms with Crippen LogP contribution in [0.1, 0.15) is 12.5 Å². The van der Waals surface area contributed by atoms with Crippen molar-refractivity contribution >= 4 is 44.8 Å². The monoisotopic (exact) mass is 420 g/mol. The molecule has 0 aliphatic rings. The maximum absolute atomic E-state index is 11.3. The van der Waals surface area contributed by atoms with Crippen molar-refractivity contribution in [2.75, 3.05) is 17.2 Å². The van der Waals surface area contributed by atoms with E-state index in [1.807, 2.05) is 35.7 Å². The first-order valence-electron chi connectivity index (χ1n) is 9.38. The van der Waals surface area contributed by atoms with Gasteiger partial charge < -0.3 is 20.5 Å². The first-order chi connectivity index (χ1) is 14.6. The van der Waals surface area contributed by atoms with Crippen LogP contribution in [0.15, 0.2) is 60.0 Å². The third kappa shape index (κ3) is 4.73. The van der Waals surface area contributed by atoms with Gasteiger partial charge >= 0.3 is 0 Å². The Balaban J connectivity index is 1.60. The number of anilines is 3. The van der Waals surface area contributed by atoms with Crippen LogP contribution in [0.25, 0.3) is 10.2 Å². The van der Waals surface area contributed by atoms with Crippen LogP contribution in [0.3, 0.4) is 0 Å². The number of carbonyl (C=O) groups is 1. The molecule has 0 saturated carbocycles. The largest absolute Gasteiger partial charge is 0.437 e. The summed E-state index contributed by atoms with van der Waals surface area (Å²) < 4.78 is 6.88. The van der Waals surface area contributed by atoms with Gasteiger partial charge in [-0.25, -0.2) is 4.98 Å². The molecule has 4 rings (SSSR count). The highest BCUT2D eigenvalue weighted by Gasteiger charge is 2.12. The number of hydrogen-bond donors (Lipinski definition) is 3. The van der Waals surface area contributed by atoms with Crippen LogP contribution < -0.4 is 15.4 Å². The second-order valence-electron chi connectivity index (χ2n) is 6.59. The van der Waals surface area contributed by atoms with E-state index in [9.17, 15) is 4.79 Å². The van der Waals surface area contributed by atoms with E-state index in [1.54, 1.807) is 24.3 Å². The van der Waals surface area contributed by atoms with E-state index in [-0.39, 0.29) is 12.5 Å². The average Bonchev–Trinajstić information content (AvgIpc) is 3.18. The minimum Gasteiger partial charge on any atom is -0.437 e. The normalized spacial score (nSPS) is 10.7. The molecular formula is C22H20N4O3S. The smallest absolute Gasteiger partial charge is 0.242 e. The Morgan fingerprint density at radius 1 is 1.10 bits per heavy atom. The number of hydrogen-bond acceptors (Lipinski definition) is 7. The van der Waals surface area contributed by atoms with Crippen LogP contribution in [0.2, 0.25) is 0 Å². The van der Waals surface area contributed by atoms with Gasteiger partial charge in [0, 0.05) is 31.0 Å². The number of amides is 1. The topological polar surface area (TPSA) is 96.4 Å². The lowest BCUT2D eigenvalue weighted by Crippen LogP contribution is -2.05. The van der Waals surface area contributed by atoms with Crippen molar-refractivity contribution in [1.82, 2.24) is 9.97 Å². The van der Waals surface area contributed by atoms with Crippen molar-refractivity contribution in [3.05, 3.63) is 65.5 Å². The van der Waals surface area contributed by atoms with E-state index in [0.29, 0.717) is 29.7 Å². The zero-order chi connectivity index (χ0) is 20.9. The molecule has 2 aromatic heterocycles. The summed E-state index contributed by atoms with van der Waals surface area (Å²) in [6, 6.07) is 16.8. The highest BCUT2D eigenvalue weighted by Crippen LogP contribution is 2.33. The van der Waals surface area contributed by atoms with Crippen LogP contribution in [0, 0.1) is 0 Å². The van der Waals surface area contributed by atoms with Crippen LogP contribution in [-0.4, -0.2) is 27.6 Å². The zero-order valence-corrected chi connectivity index (χ0v) is 17.1. The molecule has 0 unspecified atom stereocenters. The number of nitrogens with zero attached hydrogens (tertiary/aromatic N) is 2. The molecule has 0 radical (unpaired) electrons. The lowest BCUT2D eigenvalue weighted by atomic mass is 10.1. The summed E-state index contributed by atoms with van der Waals surface area (Å²) >= 11 is 1.50. The zero-order valence-electron chi connectivity index (χ0n) is 16.3. The number of ether oxygens (including phenoxy) is 1. The second kappa shape index (κ2) is 8.89. The first-order valence-corrected chi connectivity index (χ1v) is 10.3. The van der Waals surface area contributed by atoms with Crippen LogP contribution >= 0.6 is 11.3 Å². The third-order valence-corrected chi connectivity index (χ3v) is 5.14. The number of nitrogens with one attached hydrogen (secondary N) is 2. The lowest BCUT2D eigenvalue weighted by molar-refractivity contribution is -0.114. The number of fused-ring (bicyclic) bond motifs is 1. The summed E-state index contributed by atoms with van der Waals surface area (Å²) in [5, 5.41) is 16.9. The van der Waals surface area contributed by atoms with Crippen molar-refractivity contribution in [2.24, 2.45) is 0 Å². The quantitative estimate of drug-likeness (QED) is 0.400. The summed E-state index contributed by atoms with van der Waals surface area (Å²) in [5.41, 5.74) is 3.32. The Labute approximate surface area is 177 Å². The molecule has 2 aromatic carbocycles. The lowest BCUT2D eigenvalue weighted by Gasteiger charge is -2.11. The van der Waals surface area contributed by atoms with Crippen molar-refractivity contribution < 1.29 is 14.6 Å².